The number of carbonyl (C=O) groups is 2. The molecule has 176 valence electrons. The molecular weight excluding hydrogens is 454 g/mol. The fourth-order valence-electron chi connectivity index (χ4n) is 3.16. The molecule has 3 aromatic carbocycles. The Hall–Kier alpha value is -3.95. The number of nitrogens with one attached hydrogen (secondary N) is 2. The van der Waals surface area contributed by atoms with Crippen LogP contribution in [0.5, 0.6) is 0 Å². The van der Waals surface area contributed by atoms with E-state index >= 15 is 0 Å². The second-order valence-electron chi connectivity index (χ2n) is 7.43. The standard InChI is InChI=1S/C25H25N3O5S/c29-24(26-31)16-15-21-11-13-22(14-12-21)19-28(18-17-20-7-3-1-4-8-20)25(30)27-34(32,33)23-9-5-2-6-10-23/h1-16,31H,17-19H2,(H,26,29)(H,27,30). The summed E-state index contributed by atoms with van der Waals surface area (Å²) < 4.78 is 27.5. The summed E-state index contributed by atoms with van der Waals surface area (Å²) in [7, 11) is -4.01. The highest BCUT2D eigenvalue weighted by Gasteiger charge is 2.22. The van der Waals surface area contributed by atoms with Gasteiger partial charge in [0.1, 0.15) is 0 Å². The molecule has 34 heavy (non-hydrogen) atoms. The lowest BCUT2D eigenvalue weighted by Gasteiger charge is -2.23. The molecule has 0 atom stereocenters. The molecule has 0 spiro atoms. The number of carbonyl (C=O) groups excluding carboxylic acids is 2. The van der Waals surface area contributed by atoms with Crippen molar-refractivity contribution in [3.63, 3.8) is 0 Å². The number of urea groups is 1. The molecule has 3 amide bonds. The molecule has 0 bridgehead atoms. The first kappa shape index (κ1) is 24.7. The lowest BCUT2D eigenvalue weighted by atomic mass is 10.1. The molecule has 0 aliphatic rings. The third kappa shape index (κ3) is 7.29. The van der Waals surface area contributed by atoms with Crippen LogP contribution in [0.4, 0.5) is 4.79 Å². The summed E-state index contributed by atoms with van der Waals surface area (Å²) in [6.45, 7) is 0.489. The molecule has 0 aromatic heterocycles. The Bertz CT molecular complexity index is 1230. The molecule has 0 heterocycles. The van der Waals surface area contributed by atoms with Gasteiger partial charge >= 0.3 is 6.03 Å². The van der Waals surface area contributed by atoms with E-state index in [4.69, 9.17) is 5.21 Å². The summed E-state index contributed by atoms with van der Waals surface area (Å²) in [5.74, 6) is -0.646. The SMILES string of the molecule is O=C(C=Cc1ccc(CN(CCc2ccccc2)C(=O)NS(=O)(=O)c2ccccc2)cc1)NO. The zero-order valence-corrected chi connectivity index (χ0v) is 19.1. The molecule has 9 heteroatoms. The second-order valence-corrected chi connectivity index (χ2v) is 9.11. The fourth-order valence-corrected chi connectivity index (χ4v) is 4.16. The Balaban J connectivity index is 1.75. The van der Waals surface area contributed by atoms with Crippen LogP contribution < -0.4 is 10.2 Å². The van der Waals surface area contributed by atoms with E-state index in [1.54, 1.807) is 42.5 Å². The van der Waals surface area contributed by atoms with Crippen LogP contribution in [-0.4, -0.2) is 37.0 Å². The summed E-state index contributed by atoms with van der Waals surface area (Å²) >= 11 is 0. The Morgan fingerprint density at radius 2 is 1.47 bits per heavy atom. The lowest BCUT2D eigenvalue weighted by Crippen LogP contribution is -2.43. The van der Waals surface area contributed by atoms with Crippen LogP contribution in [0.25, 0.3) is 6.08 Å². The maximum atomic E-state index is 13.0. The van der Waals surface area contributed by atoms with Gasteiger partial charge in [-0.05, 0) is 41.3 Å². The van der Waals surface area contributed by atoms with Gasteiger partial charge in [0.2, 0.25) is 0 Å². The van der Waals surface area contributed by atoms with Crippen molar-refractivity contribution in [1.82, 2.24) is 15.1 Å². The highest BCUT2D eigenvalue weighted by atomic mass is 32.2. The van der Waals surface area contributed by atoms with E-state index in [2.05, 4.69) is 4.72 Å². The summed E-state index contributed by atoms with van der Waals surface area (Å²) in [5, 5.41) is 8.56. The third-order valence-corrected chi connectivity index (χ3v) is 6.30. The van der Waals surface area contributed by atoms with Crippen LogP contribution >= 0.6 is 0 Å². The largest absolute Gasteiger partial charge is 0.331 e. The first-order chi connectivity index (χ1) is 16.4. The predicted molar refractivity (Wildman–Crippen MR) is 128 cm³/mol. The number of hydroxylamine groups is 1. The van der Waals surface area contributed by atoms with Gasteiger partial charge in [-0.1, -0.05) is 72.8 Å². The summed E-state index contributed by atoms with van der Waals surface area (Å²) in [6, 6.07) is 23.7. The van der Waals surface area contributed by atoms with E-state index in [0.29, 0.717) is 13.0 Å². The van der Waals surface area contributed by atoms with Crippen LogP contribution in [0.2, 0.25) is 0 Å². The Morgan fingerprint density at radius 3 is 2.09 bits per heavy atom. The molecule has 0 fully saturated rings. The van der Waals surface area contributed by atoms with Gasteiger partial charge in [0, 0.05) is 19.2 Å². The van der Waals surface area contributed by atoms with Gasteiger partial charge in [0.25, 0.3) is 15.9 Å². The van der Waals surface area contributed by atoms with Crippen molar-refractivity contribution >= 4 is 28.0 Å². The number of benzene rings is 3. The molecule has 3 aromatic rings. The summed E-state index contributed by atoms with van der Waals surface area (Å²) in [4.78, 5) is 25.6. The normalized spacial score (nSPS) is 11.2. The van der Waals surface area contributed by atoms with Crippen LogP contribution in [0.3, 0.4) is 0 Å². The second kappa shape index (κ2) is 11.8. The lowest BCUT2D eigenvalue weighted by molar-refractivity contribution is -0.124. The maximum absolute atomic E-state index is 13.0. The number of hydrogen-bond donors (Lipinski definition) is 3. The topological polar surface area (TPSA) is 116 Å². The van der Waals surface area contributed by atoms with Crippen LogP contribution in [0.15, 0.2) is 95.9 Å². The monoisotopic (exact) mass is 479 g/mol. The molecule has 8 nitrogen and oxygen atoms in total. The number of rotatable bonds is 9. The molecular formula is C25H25N3O5S. The quantitative estimate of drug-likeness (QED) is 0.247. The van der Waals surface area contributed by atoms with Gasteiger partial charge < -0.3 is 4.90 Å². The molecule has 0 aliphatic carbocycles. The summed E-state index contributed by atoms with van der Waals surface area (Å²) in [5.41, 5.74) is 4.04. The first-order valence-electron chi connectivity index (χ1n) is 10.5. The van der Waals surface area contributed by atoms with Gasteiger partial charge in [-0.25, -0.2) is 23.4 Å². The Labute approximate surface area is 198 Å². The molecule has 0 unspecified atom stereocenters. The van der Waals surface area contributed by atoms with E-state index in [-0.39, 0.29) is 11.4 Å². The minimum absolute atomic E-state index is 0.00872. The minimum atomic E-state index is -4.01. The molecule has 0 aliphatic heterocycles. The highest BCUT2D eigenvalue weighted by molar-refractivity contribution is 7.90. The molecule has 0 saturated heterocycles. The van der Waals surface area contributed by atoms with E-state index in [1.165, 1.54) is 34.7 Å². The fraction of sp³-hybridized carbons (Fsp3) is 0.120. The van der Waals surface area contributed by atoms with E-state index < -0.39 is 22.0 Å². The average molecular weight is 480 g/mol. The van der Waals surface area contributed by atoms with Crippen molar-refractivity contribution in [1.29, 1.82) is 0 Å². The van der Waals surface area contributed by atoms with Gasteiger partial charge in [0.15, 0.2) is 0 Å². The van der Waals surface area contributed by atoms with Crippen LogP contribution in [0, 0.1) is 0 Å². The first-order valence-corrected chi connectivity index (χ1v) is 12.0. The zero-order valence-electron chi connectivity index (χ0n) is 18.3. The molecule has 3 N–H and O–H groups in total. The van der Waals surface area contributed by atoms with Crippen LogP contribution in [0.1, 0.15) is 16.7 Å². The summed E-state index contributed by atoms with van der Waals surface area (Å²) in [6.07, 6.45) is 3.27. The maximum Gasteiger partial charge on any atom is 0.331 e. The van der Waals surface area contributed by atoms with Gasteiger partial charge in [-0.15, -0.1) is 0 Å². The van der Waals surface area contributed by atoms with Crippen molar-refractivity contribution in [2.45, 2.75) is 17.9 Å². The molecule has 0 radical (unpaired) electrons. The minimum Gasteiger partial charge on any atom is -0.319 e. The van der Waals surface area contributed by atoms with E-state index in [1.807, 2.05) is 30.3 Å². The van der Waals surface area contributed by atoms with Crippen molar-refractivity contribution in [3.05, 3.63) is 108 Å². The van der Waals surface area contributed by atoms with Gasteiger partial charge in [-0.2, -0.15) is 0 Å². The smallest absolute Gasteiger partial charge is 0.319 e. The zero-order chi connectivity index (χ0) is 24.4. The van der Waals surface area contributed by atoms with Crippen molar-refractivity contribution < 1.29 is 23.2 Å². The molecule has 0 saturated carbocycles. The van der Waals surface area contributed by atoms with E-state index in [9.17, 15) is 18.0 Å². The Kier molecular flexibility index (Phi) is 8.55. The van der Waals surface area contributed by atoms with Gasteiger partial charge in [-0.3, -0.25) is 10.0 Å². The predicted octanol–water partition coefficient (Wildman–Crippen LogP) is 3.35. The average Bonchev–Trinajstić information content (AvgIpc) is 2.86. The number of sulfonamides is 1. The van der Waals surface area contributed by atoms with Crippen molar-refractivity contribution in [2.24, 2.45) is 0 Å². The highest BCUT2D eigenvalue weighted by Crippen LogP contribution is 2.13. The van der Waals surface area contributed by atoms with Crippen molar-refractivity contribution in [2.75, 3.05) is 6.54 Å². The van der Waals surface area contributed by atoms with E-state index in [0.717, 1.165) is 16.7 Å². The number of amides is 3. The van der Waals surface area contributed by atoms with Gasteiger partial charge in [0.05, 0.1) is 4.90 Å². The van der Waals surface area contributed by atoms with Crippen molar-refractivity contribution in [3.8, 4) is 0 Å². The number of nitrogens with zero attached hydrogens (tertiary/aromatic N) is 1. The third-order valence-electron chi connectivity index (χ3n) is 4.97. The molecule has 3 rings (SSSR count). The number of hydrogen-bond acceptors (Lipinski definition) is 5. The Morgan fingerprint density at radius 1 is 0.853 bits per heavy atom. The van der Waals surface area contributed by atoms with Crippen LogP contribution in [-0.2, 0) is 27.8 Å².